The highest BCUT2D eigenvalue weighted by atomic mass is 35.5. The number of sulfonamides is 1. The van der Waals surface area contributed by atoms with Crippen LogP contribution in [0.25, 0.3) is 0 Å². The molecule has 1 atom stereocenters. The van der Waals surface area contributed by atoms with E-state index in [0.29, 0.717) is 16.9 Å². The van der Waals surface area contributed by atoms with Crippen molar-refractivity contribution in [1.29, 1.82) is 0 Å². The van der Waals surface area contributed by atoms with Crippen molar-refractivity contribution in [2.45, 2.75) is 57.3 Å². The first-order valence-electron chi connectivity index (χ1n) is 7.83. The number of halogens is 1. The summed E-state index contributed by atoms with van der Waals surface area (Å²) in [6.45, 7) is 9.59. The zero-order chi connectivity index (χ0) is 18.3. The van der Waals surface area contributed by atoms with E-state index in [9.17, 15) is 13.5 Å². The number of benzene rings is 1. The first kappa shape index (κ1) is 22.2. The number of hydrogen-bond donors (Lipinski definition) is 2. The second-order valence-corrected chi connectivity index (χ2v) is 9.07. The Kier molecular flexibility index (Phi) is 6.97. The smallest absolute Gasteiger partial charge is 0.238 e. The molecule has 1 aromatic rings. The van der Waals surface area contributed by atoms with E-state index in [-0.39, 0.29) is 29.4 Å². The maximum Gasteiger partial charge on any atom is 0.238 e. The minimum Gasteiger partial charge on any atom is -0.366 e. The van der Waals surface area contributed by atoms with E-state index in [1.807, 2.05) is 32.6 Å². The van der Waals surface area contributed by atoms with Crippen LogP contribution in [0.3, 0.4) is 0 Å². The van der Waals surface area contributed by atoms with Gasteiger partial charge in [0.05, 0.1) is 10.6 Å². The second kappa shape index (κ2) is 7.84. The first-order chi connectivity index (χ1) is 11.0. The molecule has 3 N–H and O–H groups in total. The van der Waals surface area contributed by atoms with Crippen LogP contribution in [0.15, 0.2) is 28.1 Å². The third-order valence-electron chi connectivity index (χ3n) is 3.85. The summed E-state index contributed by atoms with van der Waals surface area (Å²) >= 11 is 1.47. The Hall–Kier alpha value is -0.800. The van der Waals surface area contributed by atoms with Crippen molar-refractivity contribution in [1.82, 2.24) is 4.90 Å². The highest BCUT2D eigenvalue weighted by Gasteiger charge is 2.46. The van der Waals surface area contributed by atoms with Crippen molar-refractivity contribution in [3.05, 3.63) is 29.3 Å². The Morgan fingerprint density at radius 3 is 2.40 bits per heavy atom. The third-order valence-corrected chi connectivity index (χ3v) is 6.01. The van der Waals surface area contributed by atoms with Gasteiger partial charge in [-0.25, -0.2) is 13.6 Å². The molecule has 0 amide bonds. The van der Waals surface area contributed by atoms with E-state index in [4.69, 9.17) is 5.14 Å². The van der Waals surface area contributed by atoms with Crippen LogP contribution in [-0.2, 0) is 15.7 Å². The van der Waals surface area contributed by atoms with E-state index in [1.165, 1.54) is 17.8 Å². The Labute approximate surface area is 160 Å². The fourth-order valence-corrected chi connectivity index (χ4v) is 5.04. The van der Waals surface area contributed by atoms with Gasteiger partial charge in [-0.3, -0.25) is 4.99 Å². The molecule has 0 saturated carbocycles. The van der Waals surface area contributed by atoms with E-state index in [0.717, 1.165) is 5.17 Å². The molecule has 142 valence electrons. The van der Waals surface area contributed by atoms with Crippen molar-refractivity contribution in [3.63, 3.8) is 0 Å². The minimum absolute atomic E-state index is 0. The van der Waals surface area contributed by atoms with Crippen molar-refractivity contribution in [3.8, 4) is 0 Å². The highest BCUT2D eigenvalue weighted by molar-refractivity contribution is 8.14. The molecule has 0 radical (unpaired) electrons. The van der Waals surface area contributed by atoms with Crippen LogP contribution < -0.4 is 5.14 Å². The average molecular weight is 408 g/mol. The van der Waals surface area contributed by atoms with Crippen molar-refractivity contribution in [2.24, 2.45) is 10.1 Å². The summed E-state index contributed by atoms with van der Waals surface area (Å²) in [6, 6.07) is 5.00. The normalized spacial score (nSPS) is 22.8. The quantitative estimate of drug-likeness (QED) is 0.798. The summed E-state index contributed by atoms with van der Waals surface area (Å²) in [5, 5.41) is 17.4. The van der Waals surface area contributed by atoms with Gasteiger partial charge in [-0.2, -0.15) is 0 Å². The van der Waals surface area contributed by atoms with Crippen molar-refractivity contribution < 1.29 is 13.5 Å². The topological polar surface area (TPSA) is 96.0 Å². The number of thioether (sulfide) groups is 1. The standard InChI is InChI=1S/C16H25N3O3S2.ClH/c1-10(2)18-15-19(11(3)4)16(20,9-23-15)13-7-6-12(5)14(8-13)24(17,21)22;/h6-8,10-11,20H,9H2,1-5H3,(H2,17,21,22);1H. The van der Waals surface area contributed by atoms with Crippen molar-refractivity contribution >= 4 is 39.4 Å². The Balaban J connectivity index is 0.00000312. The van der Waals surface area contributed by atoms with Crippen LogP contribution in [0.5, 0.6) is 0 Å². The summed E-state index contributed by atoms with van der Waals surface area (Å²) < 4.78 is 23.6. The number of aliphatic hydroxyl groups is 1. The molecule has 1 heterocycles. The lowest BCUT2D eigenvalue weighted by molar-refractivity contribution is -0.0618. The molecule has 1 aromatic carbocycles. The molecule has 9 heteroatoms. The number of nitrogens with zero attached hydrogens (tertiary/aromatic N) is 2. The molecular weight excluding hydrogens is 382 g/mol. The number of aryl methyl sites for hydroxylation is 1. The van der Waals surface area contributed by atoms with Gasteiger partial charge in [0.2, 0.25) is 10.0 Å². The van der Waals surface area contributed by atoms with Crippen LogP contribution in [0, 0.1) is 6.92 Å². The minimum atomic E-state index is -3.85. The molecule has 1 unspecified atom stereocenters. The fourth-order valence-electron chi connectivity index (χ4n) is 2.81. The summed E-state index contributed by atoms with van der Waals surface area (Å²) in [7, 11) is -3.85. The van der Waals surface area contributed by atoms with Crippen LogP contribution >= 0.6 is 24.2 Å². The Morgan fingerprint density at radius 2 is 1.92 bits per heavy atom. The zero-order valence-corrected chi connectivity index (χ0v) is 17.5. The van der Waals surface area contributed by atoms with Gasteiger partial charge in [0.1, 0.15) is 0 Å². The molecule has 1 aliphatic rings. The Bertz CT molecular complexity index is 766. The van der Waals surface area contributed by atoms with Crippen LogP contribution in [0.2, 0.25) is 0 Å². The molecule has 0 bridgehead atoms. The maximum atomic E-state index is 11.8. The van der Waals surface area contributed by atoms with Gasteiger partial charge in [-0.15, -0.1) is 12.4 Å². The SMILES string of the molecule is Cc1ccc(C2(O)CSC(=NC(C)C)N2C(C)C)cc1S(N)(=O)=O.Cl. The van der Waals surface area contributed by atoms with Crippen LogP contribution in [0.1, 0.15) is 38.8 Å². The largest absolute Gasteiger partial charge is 0.366 e. The van der Waals surface area contributed by atoms with E-state index < -0.39 is 15.7 Å². The summed E-state index contributed by atoms with van der Waals surface area (Å²) in [5.74, 6) is 0.379. The first-order valence-corrected chi connectivity index (χ1v) is 10.4. The number of aliphatic imine (C=N–C) groups is 1. The van der Waals surface area contributed by atoms with Gasteiger partial charge in [0.15, 0.2) is 10.9 Å². The molecule has 1 aliphatic heterocycles. The van der Waals surface area contributed by atoms with Crippen LogP contribution in [0.4, 0.5) is 0 Å². The lowest BCUT2D eigenvalue weighted by Crippen LogP contribution is -2.48. The Morgan fingerprint density at radius 1 is 1.32 bits per heavy atom. The van der Waals surface area contributed by atoms with E-state index in [2.05, 4.69) is 4.99 Å². The molecule has 1 fully saturated rings. The monoisotopic (exact) mass is 407 g/mol. The number of rotatable bonds is 4. The lowest BCUT2D eigenvalue weighted by Gasteiger charge is -2.38. The summed E-state index contributed by atoms with van der Waals surface area (Å²) in [4.78, 5) is 6.47. The molecular formula is C16H26ClN3O3S2. The number of nitrogens with two attached hydrogens (primary N) is 1. The summed E-state index contributed by atoms with van der Waals surface area (Å²) in [5.41, 5.74) is -0.255. The van der Waals surface area contributed by atoms with Gasteiger partial charge < -0.3 is 10.0 Å². The molecule has 1 saturated heterocycles. The third kappa shape index (κ3) is 4.49. The molecule has 6 nitrogen and oxygen atoms in total. The van der Waals surface area contributed by atoms with Gasteiger partial charge in [-0.05, 0) is 46.2 Å². The second-order valence-electron chi connectivity index (χ2n) is 6.60. The zero-order valence-electron chi connectivity index (χ0n) is 15.1. The number of amidine groups is 1. The molecule has 2 rings (SSSR count). The number of hydrogen-bond acceptors (Lipinski definition) is 5. The van der Waals surface area contributed by atoms with Gasteiger partial charge in [0.25, 0.3) is 0 Å². The lowest BCUT2D eigenvalue weighted by atomic mass is 10.0. The van der Waals surface area contributed by atoms with Gasteiger partial charge in [-0.1, -0.05) is 23.9 Å². The maximum absolute atomic E-state index is 11.8. The van der Waals surface area contributed by atoms with Gasteiger partial charge in [0, 0.05) is 17.6 Å². The molecule has 25 heavy (non-hydrogen) atoms. The fraction of sp³-hybridized carbons (Fsp3) is 0.562. The predicted molar refractivity (Wildman–Crippen MR) is 106 cm³/mol. The highest BCUT2D eigenvalue weighted by Crippen LogP contribution is 2.41. The molecule has 0 aromatic heterocycles. The molecule has 0 aliphatic carbocycles. The summed E-state index contributed by atoms with van der Waals surface area (Å²) in [6.07, 6.45) is 0. The van der Waals surface area contributed by atoms with E-state index in [1.54, 1.807) is 19.1 Å². The number of primary sulfonamides is 1. The molecule has 0 spiro atoms. The van der Waals surface area contributed by atoms with E-state index >= 15 is 0 Å². The van der Waals surface area contributed by atoms with Crippen LogP contribution in [-0.4, -0.2) is 41.4 Å². The predicted octanol–water partition coefficient (Wildman–Crippen LogP) is 2.43. The van der Waals surface area contributed by atoms with Gasteiger partial charge >= 0.3 is 0 Å². The van der Waals surface area contributed by atoms with Crippen molar-refractivity contribution in [2.75, 3.05) is 5.75 Å². The average Bonchev–Trinajstić information content (AvgIpc) is 2.75.